The Balaban J connectivity index is 2.14. The number of rotatable bonds is 3. The molecule has 0 aliphatic carbocycles. The summed E-state index contributed by atoms with van der Waals surface area (Å²) in [6, 6.07) is 4.26. The summed E-state index contributed by atoms with van der Waals surface area (Å²) in [5.74, 6) is 0.111. The van der Waals surface area contributed by atoms with E-state index in [9.17, 15) is 9.18 Å². The van der Waals surface area contributed by atoms with Crippen LogP contribution in [0.25, 0.3) is 0 Å². The minimum atomic E-state index is -0.448. The van der Waals surface area contributed by atoms with Gasteiger partial charge in [-0.1, -0.05) is 15.9 Å². The van der Waals surface area contributed by atoms with Crippen molar-refractivity contribution in [3.63, 3.8) is 0 Å². The van der Waals surface area contributed by atoms with Crippen molar-refractivity contribution in [1.82, 2.24) is 4.90 Å². The van der Waals surface area contributed by atoms with Crippen molar-refractivity contribution in [2.75, 3.05) is 25.5 Å². The highest BCUT2D eigenvalue weighted by Crippen LogP contribution is 2.23. The Morgan fingerprint density at radius 2 is 2.37 bits per heavy atom. The Morgan fingerprint density at radius 1 is 1.58 bits per heavy atom. The molecule has 104 valence electrons. The number of carbonyl (C=O) groups is 1. The molecule has 0 N–H and O–H groups in total. The number of hydrogen-bond donors (Lipinski definition) is 0. The first-order valence-electron chi connectivity index (χ1n) is 6.34. The number of benzene rings is 1. The smallest absolute Gasteiger partial charge is 0.254 e. The molecule has 0 aromatic heterocycles. The normalized spacial score (nSPS) is 19.3. The van der Waals surface area contributed by atoms with Crippen LogP contribution < -0.4 is 4.74 Å². The topological polar surface area (TPSA) is 29.5 Å². The van der Waals surface area contributed by atoms with E-state index >= 15 is 0 Å². The molecule has 3 nitrogen and oxygen atoms in total. The van der Waals surface area contributed by atoms with E-state index in [1.807, 2.05) is 4.90 Å². The third kappa shape index (κ3) is 3.26. The molecule has 1 atom stereocenters. The second kappa shape index (κ2) is 6.37. The van der Waals surface area contributed by atoms with Gasteiger partial charge in [-0.15, -0.1) is 0 Å². The lowest BCUT2D eigenvalue weighted by molar-refractivity contribution is 0.0685. The molecule has 0 saturated carbocycles. The average molecular weight is 330 g/mol. The summed E-state index contributed by atoms with van der Waals surface area (Å²) in [5.41, 5.74) is 0.480. The van der Waals surface area contributed by atoms with E-state index in [1.54, 1.807) is 0 Å². The Kier molecular flexibility index (Phi) is 4.80. The van der Waals surface area contributed by atoms with Crippen LogP contribution in [0.5, 0.6) is 5.75 Å². The summed E-state index contributed by atoms with van der Waals surface area (Å²) in [7, 11) is 1.40. The van der Waals surface area contributed by atoms with Crippen LogP contribution >= 0.6 is 15.9 Å². The van der Waals surface area contributed by atoms with Crippen LogP contribution in [0.4, 0.5) is 4.39 Å². The van der Waals surface area contributed by atoms with E-state index in [0.717, 1.165) is 31.3 Å². The van der Waals surface area contributed by atoms with Gasteiger partial charge in [0.05, 0.1) is 7.11 Å². The summed E-state index contributed by atoms with van der Waals surface area (Å²) < 4.78 is 18.2. The van der Waals surface area contributed by atoms with Gasteiger partial charge in [0, 0.05) is 24.0 Å². The number of ether oxygens (including phenoxy) is 1. The first-order chi connectivity index (χ1) is 9.15. The fourth-order valence-electron chi connectivity index (χ4n) is 2.35. The van der Waals surface area contributed by atoms with E-state index < -0.39 is 5.82 Å². The summed E-state index contributed by atoms with van der Waals surface area (Å²) in [6.45, 7) is 1.52. The maximum Gasteiger partial charge on any atom is 0.254 e. The molecule has 1 unspecified atom stereocenters. The minimum absolute atomic E-state index is 0.0519. The van der Waals surface area contributed by atoms with Gasteiger partial charge < -0.3 is 9.64 Å². The number of likely N-dealkylation sites (tertiary alicyclic amines) is 1. The number of halogens is 2. The zero-order chi connectivity index (χ0) is 13.8. The molecule has 1 aromatic carbocycles. The number of hydrogen-bond acceptors (Lipinski definition) is 2. The quantitative estimate of drug-likeness (QED) is 0.797. The monoisotopic (exact) mass is 329 g/mol. The first-order valence-corrected chi connectivity index (χ1v) is 7.46. The molecule has 1 heterocycles. The largest absolute Gasteiger partial charge is 0.494 e. The van der Waals surface area contributed by atoms with Crippen molar-refractivity contribution in [1.29, 1.82) is 0 Å². The third-order valence-corrected chi connectivity index (χ3v) is 4.34. The summed E-state index contributed by atoms with van der Waals surface area (Å²) in [6.07, 6.45) is 2.15. The SMILES string of the molecule is COc1cc(C(=O)N2CCCC(CBr)C2)ccc1F. The third-order valence-electron chi connectivity index (χ3n) is 3.42. The van der Waals surface area contributed by atoms with Crippen molar-refractivity contribution in [2.24, 2.45) is 5.92 Å². The predicted molar refractivity (Wildman–Crippen MR) is 75.4 cm³/mol. The molecule has 1 aliphatic heterocycles. The summed E-state index contributed by atoms with van der Waals surface area (Å²) in [5, 5.41) is 0.906. The van der Waals surface area contributed by atoms with E-state index in [-0.39, 0.29) is 11.7 Å². The Bertz CT molecular complexity index is 467. The molecule has 1 fully saturated rings. The van der Waals surface area contributed by atoms with Gasteiger partial charge in [0.2, 0.25) is 0 Å². The van der Waals surface area contributed by atoms with Gasteiger partial charge in [-0.25, -0.2) is 4.39 Å². The van der Waals surface area contributed by atoms with E-state index in [1.165, 1.54) is 25.3 Å². The predicted octanol–water partition coefficient (Wildman–Crippen LogP) is 3.08. The van der Waals surface area contributed by atoms with Crippen LogP contribution in [0.3, 0.4) is 0 Å². The van der Waals surface area contributed by atoms with Crippen LogP contribution in [0.15, 0.2) is 18.2 Å². The zero-order valence-electron chi connectivity index (χ0n) is 10.9. The number of methoxy groups -OCH3 is 1. The van der Waals surface area contributed by atoms with Gasteiger partial charge >= 0.3 is 0 Å². The number of nitrogens with zero attached hydrogens (tertiary/aromatic N) is 1. The molecule has 0 radical (unpaired) electrons. The number of alkyl halides is 1. The Labute approximate surface area is 120 Å². The molecule has 1 amide bonds. The van der Waals surface area contributed by atoms with Gasteiger partial charge in [0.1, 0.15) is 0 Å². The van der Waals surface area contributed by atoms with E-state index in [2.05, 4.69) is 15.9 Å². The van der Waals surface area contributed by atoms with Gasteiger partial charge in [-0.3, -0.25) is 4.79 Å². The highest BCUT2D eigenvalue weighted by molar-refractivity contribution is 9.09. The molecule has 1 aliphatic rings. The maximum absolute atomic E-state index is 13.3. The van der Waals surface area contributed by atoms with Crippen LogP contribution in [-0.2, 0) is 0 Å². The van der Waals surface area contributed by atoms with E-state index in [0.29, 0.717) is 11.5 Å². The molecule has 0 bridgehead atoms. The molecule has 1 aromatic rings. The molecule has 5 heteroatoms. The van der Waals surface area contributed by atoms with Crippen molar-refractivity contribution in [2.45, 2.75) is 12.8 Å². The van der Waals surface area contributed by atoms with Crippen molar-refractivity contribution in [3.05, 3.63) is 29.6 Å². The molecular formula is C14H17BrFNO2. The summed E-state index contributed by atoms with van der Waals surface area (Å²) >= 11 is 3.47. The number of carbonyl (C=O) groups excluding carboxylic acids is 1. The number of piperidine rings is 1. The molecule has 19 heavy (non-hydrogen) atoms. The lowest BCUT2D eigenvalue weighted by Gasteiger charge is -2.32. The average Bonchev–Trinajstić information content (AvgIpc) is 2.47. The molecule has 1 saturated heterocycles. The van der Waals surface area contributed by atoms with Gasteiger partial charge in [0.25, 0.3) is 5.91 Å². The van der Waals surface area contributed by atoms with Gasteiger partial charge in [0.15, 0.2) is 11.6 Å². The second-order valence-corrected chi connectivity index (χ2v) is 5.41. The van der Waals surface area contributed by atoms with Crippen LogP contribution in [-0.4, -0.2) is 36.3 Å². The minimum Gasteiger partial charge on any atom is -0.494 e. The fourth-order valence-corrected chi connectivity index (χ4v) is 2.88. The highest BCUT2D eigenvalue weighted by atomic mass is 79.9. The van der Waals surface area contributed by atoms with Gasteiger partial charge in [-0.2, -0.15) is 0 Å². The molecule has 2 rings (SSSR count). The van der Waals surface area contributed by atoms with Crippen molar-refractivity contribution in [3.8, 4) is 5.75 Å². The van der Waals surface area contributed by atoms with E-state index in [4.69, 9.17) is 4.74 Å². The Morgan fingerprint density at radius 3 is 3.05 bits per heavy atom. The maximum atomic E-state index is 13.3. The summed E-state index contributed by atoms with van der Waals surface area (Å²) in [4.78, 5) is 14.2. The van der Waals surface area contributed by atoms with Crippen LogP contribution in [0.2, 0.25) is 0 Å². The van der Waals surface area contributed by atoms with Crippen LogP contribution in [0, 0.1) is 11.7 Å². The standard InChI is InChI=1S/C14H17BrFNO2/c1-19-13-7-11(4-5-12(13)16)14(18)17-6-2-3-10(8-15)9-17/h4-5,7,10H,2-3,6,8-9H2,1H3. The second-order valence-electron chi connectivity index (χ2n) is 4.76. The number of amides is 1. The fraction of sp³-hybridized carbons (Fsp3) is 0.500. The van der Waals surface area contributed by atoms with Crippen LogP contribution in [0.1, 0.15) is 23.2 Å². The lowest BCUT2D eigenvalue weighted by atomic mass is 9.99. The lowest BCUT2D eigenvalue weighted by Crippen LogP contribution is -2.40. The van der Waals surface area contributed by atoms with Gasteiger partial charge in [-0.05, 0) is 37.0 Å². The van der Waals surface area contributed by atoms with Crippen molar-refractivity contribution < 1.29 is 13.9 Å². The van der Waals surface area contributed by atoms with Crippen molar-refractivity contribution >= 4 is 21.8 Å². The first kappa shape index (κ1) is 14.3. The molecular weight excluding hydrogens is 313 g/mol. The molecule has 0 spiro atoms. The zero-order valence-corrected chi connectivity index (χ0v) is 12.5. The highest BCUT2D eigenvalue weighted by Gasteiger charge is 2.24. The Hall–Kier alpha value is -1.10.